The topological polar surface area (TPSA) is 63.6 Å². The van der Waals surface area contributed by atoms with Crippen LogP contribution in [0.3, 0.4) is 0 Å². The molecule has 0 saturated heterocycles. The molecule has 1 N–H and O–H groups in total. The van der Waals surface area contributed by atoms with Crippen LogP contribution < -0.4 is 0 Å². The fourth-order valence-corrected chi connectivity index (χ4v) is 9.88. The number of hydrogen-bond donors (Lipinski definition) is 1. The zero-order valence-electron chi connectivity index (χ0n) is 21.7. The van der Waals surface area contributed by atoms with Crippen molar-refractivity contribution in [3.8, 4) is 0 Å². The zero-order chi connectivity index (χ0) is 24.2. The van der Waals surface area contributed by atoms with Crippen LogP contribution in [0, 0.1) is 52.3 Å². The van der Waals surface area contributed by atoms with Gasteiger partial charge in [0.15, 0.2) is 0 Å². The summed E-state index contributed by atoms with van der Waals surface area (Å²) in [4.78, 5) is 0. The van der Waals surface area contributed by atoms with E-state index in [0.717, 1.165) is 48.9 Å². The maximum absolute atomic E-state index is 11.3. The molecule has 4 saturated carbocycles. The third-order valence-corrected chi connectivity index (χ3v) is 11.9. The fraction of sp³-hybridized carbons (Fsp3) is 0.929. The highest BCUT2D eigenvalue weighted by Gasteiger charge is 2.60. The molecule has 190 valence electrons. The van der Waals surface area contributed by atoms with Gasteiger partial charge in [-0.05, 0) is 123 Å². The summed E-state index contributed by atoms with van der Waals surface area (Å²) in [5.41, 5.74) is 2.18. The second-order valence-corrected chi connectivity index (χ2v) is 14.2. The normalized spacial score (nSPS) is 44.1. The van der Waals surface area contributed by atoms with Crippen molar-refractivity contribution in [1.29, 1.82) is 0 Å². The lowest BCUT2D eigenvalue weighted by Gasteiger charge is -2.61. The lowest BCUT2D eigenvalue weighted by atomic mass is 9.44. The predicted molar refractivity (Wildman–Crippen MR) is 134 cm³/mol. The summed E-state index contributed by atoms with van der Waals surface area (Å²) in [7, 11) is -4.36. The summed E-state index contributed by atoms with van der Waals surface area (Å²) in [6.07, 6.45) is 12.6. The summed E-state index contributed by atoms with van der Waals surface area (Å²) in [5.74, 6) is 5.15. The van der Waals surface area contributed by atoms with Crippen LogP contribution in [0.25, 0.3) is 0 Å². The number of rotatable bonds is 7. The van der Waals surface area contributed by atoms with Crippen LogP contribution in [0.1, 0.15) is 105 Å². The molecule has 9 unspecified atom stereocenters. The number of allylic oxidation sites excluding steroid dienone is 1. The third-order valence-electron chi connectivity index (χ3n) is 11.4. The Morgan fingerprint density at radius 2 is 1.67 bits per heavy atom. The first-order chi connectivity index (χ1) is 15.3. The van der Waals surface area contributed by atoms with Crippen LogP contribution in [0.5, 0.6) is 0 Å². The van der Waals surface area contributed by atoms with Crippen LogP contribution in [0.15, 0.2) is 12.2 Å². The molecule has 33 heavy (non-hydrogen) atoms. The van der Waals surface area contributed by atoms with Gasteiger partial charge in [-0.15, -0.1) is 0 Å². The van der Waals surface area contributed by atoms with Crippen molar-refractivity contribution >= 4 is 10.4 Å². The van der Waals surface area contributed by atoms with Crippen LogP contribution in [0.4, 0.5) is 0 Å². The molecule has 0 bridgehead atoms. The lowest BCUT2D eigenvalue weighted by molar-refractivity contribution is -0.127. The summed E-state index contributed by atoms with van der Waals surface area (Å²) in [6, 6.07) is 0. The summed E-state index contributed by atoms with van der Waals surface area (Å²) in [5, 5.41) is 0. The maximum atomic E-state index is 11.3. The second-order valence-electron chi connectivity index (χ2n) is 13.1. The monoisotopic (exact) mass is 480 g/mol. The molecular formula is C28H48O4S. The van der Waals surface area contributed by atoms with E-state index < -0.39 is 10.4 Å². The van der Waals surface area contributed by atoms with Gasteiger partial charge in [-0.25, -0.2) is 4.18 Å². The lowest BCUT2D eigenvalue weighted by Crippen LogP contribution is -2.54. The smallest absolute Gasteiger partial charge is 0.264 e. The van der Waals surface area contributed by atoms with E-state index in [4.69, 9.17) is 8.74 Å². The average Bonchev–Trinajstić information content (AvgIpc) is 3.08. The SMILES string of the molecule is C=C(CCC(C)C1CCC2C3CCC4CC(OS(=O)(=O)O)CCC4(C)C3CCC12C)C(C)C. The van der Waals surface area contributed by atoms with Gasteiger partial charge < -0.3 is 0 Å². The predicted octanol–water partition coefficient (Wildman–Crippen LogP) is 7.46. The molecule has 4 aliphatic carbocycles. The van der Waals surface area contributed by atoms with Crippen molar-refractivity contribution < 1.29 is 17.2 Å². The van der Waals surface area contributed by atoms with Crippen molar-refractivity contribution in [2.24, 2.45) is 52.3 Å². The van der Waals surface area contributed by atoms with E-state index >= 15 is 0 Å². The minimum atomic E-state index is -4.36. The molecule has 0 aromatic rings. The minimum absolute atomic E-state index is 0.294. The molecule has 0 aliphatic heterocycles. The maximum Gasteiger partial charge on any atom is 0.397 e. The van der Waals surface area contributed by atoms with Gasteiger partial charge in [0.05, 0.1) is 6.10 Å². The Balaban J connectivity index is 1.44. The van der Waals surface area contributed by atoms with Crippen LogP contribution in [-0.2, 0) is 14.6 Å². The fourth-order valence-electron chi connectivity index (χ4n) is 9.36. The summed E-state index contributed by atoms with van der Waals surface area (Å²) >= 11 is 0. The van der Waals surface area contributed by atoms with Crippen molar-refractivity contribution in [1.82, 2.24) is 0 Å². The highest BCUT2D eigenvalue weighted by atomic mass is 32.3. The van der Waals surface area contributed by atoms with Gasteiger partial charge in [-0.3, -0.25) is 4.55 Å². The van der Waals surface area contributed by atoms with E-state index in [1.807, 2.05) is 0 Å². The van der Waals surface area contributed by atoms with Crippen molar-refractivity contribution in [2.45, 2.75) is 111 Å². The minimum Gasteiger partial charge on any atom is -0.264 e. The molecule has 0 spiro atoms. The zero-order valence-corrected chi connectivity index (χ0v) is 22.5. The third kappa shape index (κ3) is 4.85. The first-order valence-corrected chi connectivity index (χ1v) is 15.0. The highest BCUT2D eigenvalue weighted by molar-refractivity contribution is 7.80. The largest absolute Gasteiger partial charge is 0.397 e. The Morgan fingerprint density at radius 1 is 1.00 bits per heavy atom. The molecular weight excluding hydrogens is 432 g/mol. The van der Waals surface area contributed by atoms with Crippen molar-refractivity contribution in [3.05, 3.63) is 12.2 Å². The van der Waals surface area contributed by atoms with Crippen LogP contribution in [0.2, 0.25) is 0 Å². The van der Waals surface area contributed by atoms with E-state index in [9.17, 15) is 8.42 Å². The molecule has 5 heteroatoms. The molecule has 0 aromatic heterocycles. The van der Waals surface area contributed by atoms with Gasteiger partial charge in [0.2, 0.25) is 0 Å². The average molecular weight is 481 g/mol. The molecule has 0 aromatic carbocycles. The van der Waals surface area contributed by atoms with Crippen LogP contribution in [-0.4, -0.2) is 19.1 Å². The molecule has 0 radical (unpaired) electrons. The second kappa shape index (κ2) is 9.24. The Labute approximate surface area is 203 Å². The van der Waals surface area contributed by atoms with E-state index in [1.54, 1.807) is 0 Å². The molecule has 4 nitrogen and oxygen atoms in total. The van der Waals surface area contributed by atoms with Crippen LogP contribution >= 0.6 is 0 Å². The first-order valence-electron chi connectivity index (χ1n) is 13.7. The van der Waals surface area contributed by atoms with Gasteiger partial charge in [-0.2, -0.15) is 8.42 Å². The van der Waals surface area contributed by atoms with E-state index in [2.05, 4.69) is 41.2 Å². The van der Waals surface area contributed by atoms with Gasteiger partial charge in [-0.1, -0.05) is 46.8 Å². The highest BCUT2D eigenvalue weighted by Crippen LogP contribution is 2.68. The summed E-state index contributed by atoms with van der Waals surface area (Å²) in [6.45, 7) is 16.5. The molecule has 4 rings (SSSR count). The molecule has 4 aliphatic rings. The quantitative estimate of drug-likeness (QED) is 0.303. The standard InChI is InChI=1S/C28H48O4S/c1-18(2)19(3)7-8-20(4)24-11-12-25-23-10-9-21-17-22(32-33(29,30)31)13-15-27(21,5)26(23)14-16-28(24,25)6/h18,20-26H,3,7-17H2,1-2,4-6H3,(H,29,30,31). The Morgan fingerprint density at radius 3 is 2.33 bits per heavy atom. The molecule has 0 amide bonds. The van der Waals surface area contributed by atoms with Crippen molar-refractivity contribution in [2.75, 3.05) is 0 Å². The Bertz CT molecular complexity index is 835. The van der Waals surface area contributed by atoms with E-state index in [0.29, 0.717) is 22.7 Å². The Kier molecular flexibility index (Phi) is 7.20. The van der Waals surface area contributed by atoms with E-state index in [1.165, 1.54) is 56.9 Å². The molecule has 9 atom stereocenters. The molecule has 4 fully saturated rings. The van der Waals surface area contributed by atoms with Gasteiger partial charge in [0.25, 0.3) is 0 Å². The van der Waals surface area contributed by atoms with Gasteiger partial charge in [0, 0.05) is 0 Å². The number of fused-ring (bicyclic) bond motifs is 5. The Hall–Kier alpha value is -0.390. The summed E-state index contributed by atoms with van der Waals surface area (Å²) < 4.78 is 36.7. The first kappa shape index (κ1) is 25.7. The molecule has 0 heterocycles. The van der Waals surface area contributed by atoms with Gasteiger partial charge in [0.1, 0.15) is 0 Å². The number of hydrogen-bond acceptors (Lipinski definition) is 3. The van der Waals surface area contributed by atoms with Gasteiger partial charge >= 0.3 is 10.4 Å². The van der Waals surface area contributed by atoms with Crippen molar-refractivity contribution in [3.63, 3.8) is 0 Å². The van der Waals surface area contributed by atoms with E-state index in [-0.39, 0.29) is 6.10 Å².